The quantitative estimate of drug-likeness (QED) is 0.845. The molecule has 0 aromatic carbocycles. The molecule has 0 radical (unpaired) electrons. The van der Waals surface area contributed by atoms with Crippen LogP contribution in [0.1, 0.15) is 40.4 Å². The van der Waals surface area contributed by atoms with Gasteiger partial charge in [0.2, 0.25) is 0 Å². The van der Waals surface area contributed by atoms with Crippen molar-refractivity contribution >= 4 is 17.4 Å². The molecule has 3 heterocycles. The van der Waals surface area contributed by atoms with E-state index in [1.54, 1.807) is 0 Å². The molecule has 1 atom stereocenters. The molecule has 0 bridgehead atoms. The van der Waals surface area contributed by atoms with Crippen molar-refractivity contribution in [3.63, 3.8) is 0 Å². The molecule has 1 aliphatic heterocycles. The van der Waals surface area contributed by atoms with Gasteiger partial charge >= 0.3 is 0 Å². The number of hydrogen-bond donors (Lipinski definition) is 0. The molecule has 0 N–H and O–H groups in total. The molecule has 3 rings (SSSR count). The van der Waals surface area contributed by atoms with Crippen molar-refractivity contribution in [1.82, 2.24) is 19.1 Å². The fourth-order valence-electron chi connectivity index (χ4n) is 2.70. The fraction of sp³-hybridized carbons (Fsp3) is 0.462. The number of fused-ring (bicyclic) bond motifs is 1. The molecule has 0 saturated heterocycles. The molecule has 0 fully saturated rings. The molecule has 0 spiro atoms. The summed E-state index contributed by atoms with van der Waals surface area (Å²) in [5.41, 5.74) is 1.95. The molecule has 1 amide bonds. The summed E-state index contributed by atoms with van der Waals surface area (Å²) in [6.45, 7) is 5.56. The zero-order chi connectivity index (χ0) is 13.4. The van der Waals surface area contributed by atoms with E-state index in [1.165, 1.54) is 17.2 Å². The van der Waals surface area contributed by atoms with Crippen molar-refractivity contribution in [1.29, 1.82) is 0 Å². The summed E-state index contributed by atoms with van der Waals surface area (Å²) in [6, 6.07) is 4.30. The largest absolute Gasteiger partial charge is 0.348 e. The summed E-state index contributed by atoms with van der Waals surface area (Å²) in [6.07, 6.45) is 3.00. The molecule has 6 heteroatoms. The molecule has 1 aliphatic rings. The van der Waals surface area contributed by atoms with Crippen LogP contribution in [0.2, 0.25) is 0 Å². The second-order valence-corrected chi connectivity index (χ2v) is 5.49. The highest BCUT2D eigenvalue weighted by atomic mass is 32.1. The van der Waals surface area contributed by atoms with E-state index in [2.05, 4.69) is 33.3 Å². The highest BCUT2D eigenvalue weighted by Crippen LogP contribution is 2.30. The van der Waals surface area contributed by atoms with Crippen LogP contribution in [0.15, 0.2) is 18.3 Å². The molecule has 19 heavy (non-hydrogen) atoms. The van der Waals surface area contributed by atoms with Gasteiger partial charge in [0.1, 0.15) is 4.88 Å². The highest BCUT2D eigenvalue weighted by molar-refractivity contribution is 7.07. The summed E-state index contributed by atoms with van der Waals surface area (Å²) in [7, 11) is 0. The Hall–Kier alpha value is -1.69. The van der Waals surface area contributed by atoms with Gasteiger partial charge in [0.05, 0.1) is 11.7 Å². The van der Waals surface area contributed by atoms with Gasteiger partial charge < -0.3 is 9.47 Å². The molecule has 1 unspecified atom stereocenters. The van der Waals surface area contributed by atoms with Crippen LogP contribution in [0.5, 0.6) is 0 Å². The van der Waals surface area contributed by atoms with Crippen LogP contribution in [-0.4, -0.2) is 31.5 Å². The first kappa shape index (κ1) is 12.3. The Labute approximate surface area is 116 Å². The molecule has 2 aromatic rings. The molecule has 2 aromatic heterocycles. The number of nitrogens with zero attached hydrogens (tertiary/aromatic N) is 4. The average molecular weight is 276 g/mol. The zero-order valence-corrected chi connectivity index (χ0v) is 11.9. The third kappa shape index (κ3) is 1.96. The van der Waals surface area contributed by atoms with Crippen molar-refractivity contribution in [3.8, 4) is 0 Å². The first-order valence-electron chi connectivity index (χ1n) is 6.47. The van der Waals surface area contributed by atoms with E-state index in [9.17, 15) is 4.79 Å². The van der Waals surface area contributed by atoms with Crippen LogP contribution in [-0.2, 0) is 6.54 Å². The predicted octanol–water partition coefficient (Wildman–Crippen LogP) is 2.26. The molecular formula is C13H16N4OS. The Balaban J connectivity index is 1.94. The van der Waals surface area contributed by atoms with Gasteiger partial charge in [-0.05, 0) is 37.0 Å². The van der Waals surface area contributed by atoms with Gasteiger partial charge in [-0.25, -0.2) is 0 Å². The standard InChI is InChI=1S/C13H16N4OS/c1-3-10-11-5-4-6-16(11)7-8-17(10)13(18)12-9(2)14-15-19-12/h4-6,10H,3,7-8H2,1-2H3. The number of amides is 1. The third-order valence-electron chi connectivity index (χ3n) is 3.66. The number of carbonyl (C=O) groups excluding carboxylic acids is 1. The van der Waals surface area contributed by atoms with Gasteiger partial charge in [-0.3, -0.25) is 4.79 Å². The lowest BCUT2D eigenvalue weighted by Crippen LogP contribution is -2.41. The minimum absolute atomic E-state index is 0.0619. The van der Waals surface area contributed by atoms with Crippen molar-refractivity contribution in [3.05, 3.63) is 34.6 Å². The summed E-state index contributed by atoms with van der Waals surface area (Å²) < 4.78 is 6.09. The number of aromatic nitrogens is 3. The maximum Gasteiger partial charge on any atom is 0.268 e. The Kier molecular flexibility index (Phi) is 3.10. The van der Waals surface area contributed by atoms with Gasteiger partial charge in [0, 0.05) is 25.0 Å². The second-order valence-electron chi connectivity index (χ2n) is 4.74. The van der Waals surface area contributed by atoms with Crippen LogP contribution in [0.3, 0.4) is 0 Å². The van der Waals surface area contributed by atoms with Crippen molar-refractivity contribution in [2.75, 3.05) is 6.54 Å². The molecular weight excluding hydrogens is 260 g/mol. The van der Waals surface area contributed by atoms with Crippen LogP contribution in [0, 0.1) is 6.92 Å². The van der Waals surface area contributed by atoms with Crippen molar-refractivity contribution in [2.45, 2.75) is 32.9 Å². The lowest BCUT2D eigenvalue weighted by Gasteiger charge is -2.36. The zero-order valence-electron chi connectivity index (χ0n) is 11.0. The van der Waals surface area contributed by atoms with Gasteiger partial charge in [-0.15, -0.1) is 5.10 Å². The highest BCUT2D eigenvalue weighted by Gasteiger charge is 2.31. The van der Waals surface area contributed by atoms with E-state index in [0.29, 0.717) is 4.88 Å². The predicted molar refractivity (Wildman–Crippen MR) is 73.1 cm³/mol. The van der Waals surface area contributed by atoms with Crippen LogP contribution < -0.4 is 0 Å². The lowest BCUT2D eigenvalue weighted by molar-refractivity contribution is 0.0622. The van der Waals surface area contributed by atoms with E-state index in [-0.39, 0.29) is 11.9 Å². The maximum atomic E-state index is 12.6. The number of aryl methyl sites for hydroxylation is 1. The minimum atomic E-state index is 0.0619. The van der Waals surface area contributed by atoms with E-state index >= 15 is 0 Å². The van der Waals surface area contributed by atoms with Crippen molar-refractivity contribution in [2.24, 2.45) is 0 Å². The first-order chi connectivity index (χ1) is 9.22. The topological polar surface area (TPSA) is 51.0 Å². The first-order valence-corrected chi connectivity index (χ1v) is 7.24. The molecule has 0 aliphatic carbocycles. The fourth-order valence-corrected chi connectivity index (χ4v) is 3.31. The summed E-state index contributed by atoms with van der Waals surface area (Å²) in [4.78, 5) is 15.3. The Morgan fingerprint density at radius 2 is 2.37 bits per heavy atom. The molecule has 5 nitrogen and oxygen atoms in total. The van der Waals surface area contributed by atoms with Crippen molar-refractivity contribution < 1.29 is 4.79 Å². The smallest absolute Gasteiger partial charge is 0.268 e. The van der Waals surface area contributed by atoms with Gasteiger partial charge in [-0.2, -0.15) is 0 Å². The van der Waals surface area contributed by atoms with Gasteiger partial charge in [-0.1, -0.05) is 11.4 Å². The summed E-state index contributed by atoms with van der Waals surface area (Å²) >= 11 is 1.19. The van der Waals surface area contributed by atoms with E-state index in [0.717, 1.165) is 25.2 Å². The average Bonchev–Trinajstić information content (AvgIpc) is 3.04. The molecule has 100 valence electrons. The Morgan fingerprint density at radius 3 is 3.05 bits per heavy atom. The van der Waals surface area contributed by atoms with Crippen LogP contribution in [0.4, 0.5) is 0 Å². The minimum Gasteiger partial charge on any atom is -0.348 e. The Morgan fingerprint density at radius 1 is 1.53 bits per heavy atom. The third-order valence-corrected chi connectivity index (χ3v) is 4.47. The number of rotatable bonds is 2. The van der Waals surface area contributed by atoms with E-state index < -0.39 is 0 Å². The second kappa shape index (κ2) is 4.77. The summed E-state index contributed by atoms with van der Waals surface area (Å²) in [5.74, 6) is 0.0619. The van der Waals surface area contributed by atoms with E-state index in [4.69, 9.17) is 0 Å². The normalized spacial score (nSPS) is 18.4. The van der Waals surface area contributed by atoms with E-state index in [1.807, 2.05) is 17.9 Å². The molecule has 0 saturated carbocycles. The van der Waals surface area contributed by atoms with Crippen LogP contribution >= 0.6 is 11.5 Å². The van der Waals surface area contributed by atoms with Gasteiger partial charge in [0.25, 0.3) is 5.91 Å². The monoisotopic (exact) mass is 276 g/mol. The number of hydrogen-bond acceptors (Lipinski definition) is 4. The maximum absolute atomic E-state index is 12.6. The Bertz CT molecular complexity index is 603. The summed E-state index contributed by atoms with van der Waals surface area (Å²) in [5, 5.41) is 3.93. The van der Waals surface area contributed by atoms with Gasteiger partial charge in [0.15, 0.2) is 0 Å². The SMILES string of the molecule is CCC1c2cccn2CCN1C(=O)c1snnc1C. The number of carbonyl (C=O) groups is 1. The lowest BCUT2D eigenvalue weighted by atomic mass is 10.1. The van der Waals surface area contributed by atoms with Crippen LogP contribution in [0.25, 0.3) is 0 Å².